The highest BCUT2D eigenvalue weighted by atomic mass is 35.5. The van der Waals surface area contributed by atoms with E-state index in [4.69, 9.17) is 11.6 Å². The quantitative estimate of drug-likeness (QED) is 0.687. The monoisotopic (exact) mass is 452 g/mol. The summed E-state index contributed by atoms with van der Waals surface area (Å²) in [7, 11) is 0. The van der Waals surface area contributed by atoms with Crippen LogP contribution in [-0.4, -0.2) is 47.6 Å². The number of likely N-dealkylation sites (tertiary alicyclic amines) is 1. The smallest absolute Gasteiger partial charge is 0.387 e. The first-order chi connectivity index (χ1) is 14.7. The van der Waals surface area contributed by atoms with Crippen LogP contribution in [0, 0.1) is 0 Å². The van der Waals surface area contributed by atoms with Crippen molar-refractivity contribution in [3.63, 3.8) is 0 Å². The first-order valence-electron chi connectivity index (χ1n) is 9.72. The largest absolute Gasteiger partial charge is 0.431 e. The number of alkyl halides is 2. The van der Waals surface area contributed by atoms with E-state index in [9.17, 15) is 18.4 Å². The maximum absolute atomic E-state index is 13.3. The fourth-order valence-corrected chi connectivity index (χ4v) is 3.55. The fourth-order valence-electron chi connectivity index (χ4n) is 3.40. The fraction of sp³-hybridized carbons (Fsp3) is 0.381. The van der Waals surface area contributed by atoms with E-state index in [2.05, 4.69) is 15.0 Å². The summed E-state index contributed by atoms with van der Waals surface area (Å²) in [6.07, 6.45) is 1.22. The van der Waals surface area contributed by atoms with Gasteiger partial charge < -0.3 is 9.64 Å². The van der Waals surface area contributed by atoms with Crippen molar-refractivity contribution in [3.05, 3.63) is 47.1 Å². The molecule has 166 valence electrons. The number of hydrogen-bond acceptors (Lipinski definition) is 4. The molecule has 0 bridgehead atoms. The predicted molar refractivity (Wildman–Crippen MR) is 114 cm³/mol. The lowest BCUT2D eigenvalue weighted by molar-refractivity contribution is -0.132. The molecular weight excluding hydrogens is 430 g/mol. The van der Waals surface area contributed by atoms with Gasteiger partial charge in [0.2, 0.25) is 5.91 Å². The van der Waals surface area contributed by atoms with Gasteiger partial charge in [-0.25, -0.2) is 9.78 Å². The Hall–Kier alpha value is -2.94. The molecule has 2 heterocycles. The first-order valence-corrected chi connectivity index (χ1v) is 10.1. The van der Waals surface area contributed by atoms with Crippen molar-refractivity contribution in [3.8, 4) is 5.75 Å². The lowest BCUT2D eigenvalue weighted by atomic mass is 9.98. The topological polar surface area (TPSA) is 74.8 Å². The zero-order valence-corrected chi connectivity index (χ0v) is 18.1. The van der Waals surface area contributed by atoms with E-state index in [0.29, 0.717) is 18.8 Å². The molecule has 0 aliphatic carbocycles. The maximum atomic E-state index is 13.3. The molecule has 1 N–H and O–H groups in total. The van der Waals surface area contributed by atoms with Crippen molar-refractivity contribution in [2.45, 2.75) is 39.3 Å². The zero-order chi connectivity index (χ0) is 22.7. The van der Waals surface area contributed by atoms with Gasteiger partial charge in [-0.1, -0.05) is 43.6 Å². The summed E-state index contributed by atoms with van der Waals surface area (Å²) in [4.78, 5) is 32.1. The Labute approximate surface area is 183 Å². The van der Waals surface area contributed by atoms with Crippen molar-refractivity contribution in [1.29, 1.82) is 0 Å². The molecule has 0 atom stereocenters. The summed E-state index contributed by atoms with van der Waals surface area (Å²) < 4.78 is 30.0. The predicted octanol–water partition coefficient (Wildman–Crippen LogP) is 4.73. The third-order valence-corrected chi connectivity index (χ3v) is 5.18. The van der Waals surface area contributed by atoms with Crippen molar-refractivity contribution in [1.82, 2.24) is 9.88 Å². The second-order valence-electron chi connectivity index (χ2n) is 7.47. The van der Waals surface area contributed by atoms with Crippen molar-refractivity contribution >= 4 is 35.0 Å². The van der Waals surface area contributed by atoms with Gasteiger partial charge >= 0.3 is 12.6 Å². The van der Waals surface area contributed by atoms with Crippen LogP contribution >= 0.6 is 11.6 Å². The standard InChI is InChI=1S/C21H23ClF2N4O3/c1-12(2)16-6-4-5-7-17(16)28(15-10-27(11-15)13(3)29)21(30)26-19-18(31-20(23)24)8-14(22)9-25-19/h4-9,12,15,20H,10-11H2,1-3H3,(H,25,26,30). The van der Waals surface area contributed by atoms with Crippen LogP contribution in [0.1, 0.15) is 32.3 Å². The van der Waals surface area contributed by atoms with Crippen LogP contribution < -0.4 is 15.0 Å². The van der Waals surface area contributed by atoms with Gasteiger partial charge in [0, 0.05) is 38.0 Å². The molecule has 1 aliphatic heterocycles. The van der Waals surface area contributed by atoms with Gasteiger partial charge in [0.05, 0.1) is 11.1 Å². The molecule has 2 aromatic rings. The van der Waals surface area contributed by atoms with Crippen molar-refractivity contribution < 1.29 is 23.1 Å². The number of benzene rings is 1. The average Bonchev–Trinajstić information content (AvgIpc) is 2.65. The minimum atomic E-state index is -3.11. The number of nitrogens with zero attached hydrogens (tertiary/aromatic N) is 3. The van der Waals surface area contributed by atoms with Crippen LogP contribution in [0.3, 0.4) is 0 Å². The van der Waals surface area contributed by atoms with Gasteiger partial charge in [-0.3, -0.25) is 15.0 Å². The molecule has 1 aromatic heterocycles. The number of ether oxygens (including phenoxy) is 1. The highest BCUT2D eigenvalue weighted by molar-refractivity contribution is 6.30. The van der Waals surface area contributed by atoms with Crippen LogP contribution in [-0.2, 0) is 4.79 Å². The highest BCUT2D eigenvalue weighted by Gasteiger charge is 2.38. The Kier molecular flexibility index (Phi) is 6.94. The summed E-state index contributed by atoms with van der Waals surface area (Å²) in [6.45, 7) is 3.10. The molecular formula is C21H23ClF2N4O3. The number of urea groups is 1. The number of aromatic nitrogens is 1. The van der Waals surface area contributed by atoms with Gasteiger partial charge in [0.15, 0.2) is 11.6 Å². The Balaban J connectivity index is 1.94. The number of amides is 3. The van der Waals surface area contributed by atoms with Gasteiger partial charge in [-0.15, -0.1) is 0 Å². The zero-order valence-electron chi connectivity index (χ0n) is 17.3. The normalized spacial score (nSPS) is 13.9. The van der Waals surface area contributed by atoms with E-state index in [1.165, 1.54) is 18.0 Å². The minimum absolute atomic E-state index is 0.0826. The number of halogens is 3. The number of nitrogens with one attached hydrogen (secondary N) is 1. The molecule has 0 radical (unpaired) electrons. The Morgan fingerprint density at radius 1 is 1.29 bits per heavy atom. The SMILES string of the molecule is CC(=O)N1CC(N(C(=O)Nc2ncc(Cl)cc2OC(F)F)c2ccccc2C(C)C)C1. The molecule has 0 unspecified atom stereocenters. The molecule has 0 saturated carbocycles. The number of hydrogen-bond donors (Lipinski definition) is 1. The molecule has 1 aliphatic rings. The first kappa shape index (κ1) is 22.7. The Morgan fingerprint density at radius 3 is 2.58 bits per heavy atom. The van der Waals surface area contributed by atoms with Crippen molar-refractivity contribution in [2.75, 3.05) is 23.3 Å². The lowest BCUT2D eigenvalue weighted by Crippen LogP contribution is -2.63. The second kappa shape index (κ2) is 9.47. The lowest BCUT2D eigenvalue weighted by Gasteiger charge is -2.45. The van der Waals surface area contributed by atoms with E-state index in [1.807, 2.05) is 38.1 Å². The van der Waals surface area contributed by atoms with E-state index in [0.717, 1.165) is 11.6 Å². The second-order valence-corrected chi connectivity index (χ2v) is 7.91. The summed E-state index contributed by atoms with van der Waals surface area (Å²) in [5, 5.41) is 2.65. The molecule has 3 amide bonds. The number of anilines is 2. The van der Waals surface area contributed by atoms with Crippen LogP contribution in [0.4, 0.5) is 25.1 Å². The van der Waals surface area contributed by atoms with Gasteiger partial charge in [-0.05, 0) is 17.5 Å². The van der Waals surface area contributed by atoms with Gasteiger partial charge in [0.25, 0.3) is 0 Å². The molecule has 3 rings (SSSR count). The van der Waals surface area contributed by atoms with Gasteiger partial charge in [0.1, 0.15) is 0 Å². The van der Waals surface area contributed by atoms with Crippen LogP contribution in [0.15, 0.2) is 36.5 Å². The number of carbonyl (C=O) groups excluding carboxylic acids is 2. The number of rotatable bonds is 6. The van der Waals surface area contributed by atoms with Crippen LogP contribution in [0.5, 0.6) is 5.75 Å². The summed E-state index contributed by atoms with van der Waals surface area (Å²) >= 11 is 5.83. The summed E-state index contributed by atoms with van der Waals surface area (Å²) in [5.74, 6) is -0.473. The van der Waals surface area contributed by atoms with Crippen LogP contribution in [0.25, 0.3) is 0 Å². The molecule has 31 heavy (non-hydrogen) atoms. The van der Waals surface area contributed by atoms with Gasteiger partial charge in [-0.2, -0.15) is 8.78 Å². The molecule has 1 saturated heterocycles. The molecule has 1 aromatic carbocycles. The molecule has 7 nitrogen and oxygen atoms in total. The molecule has 10 heteroatoms. The Bertz CT molecular complexity index is 967. The molecule has 1 fully saturated rings. The van der Waals surface area contributed by atoms with Crippen molar-refractivity contribution in [2.24, 2.45) is 0 Å². The average molecular weight is 453 g/mol. The maximum Gasteiger partial charge on any atom is 0.387 e. The Morgan fingerprint density at radius 2 is 1.97 bits per heavy atom. The number of carbonyl (C=O) groups is 2. The van der Waals surface area contributed by atoms with E-state index < -0.39 is 12.6 Å². The third-order valence-electron chi connectivity index (χ3n) is 4.97. The summed E-state index contributed by atoms with van der Waals surface area (Å²) in [5.41, 5.74) is 1.61. The third kappa shape index (κ3) is 5.22. The minimum Gasteiger partial charge on any atom is -0.431 e. The van der Waals surface area contributed by atoms with Crippen LogP contribution in [0.2, 0.25) is 5.02 Å². The summed E-state index contributed by atoms with van der Waals surface area (Å²) in [6, 6.07) is 7.74. The highest BCUT2D eigenvalue weighted by Crippen LogP contribution is 2.33. The van der Waals surface area contributed by atoms with E-state index >= 15 is 0 Å². The van der Waals surface area contributed by atoms with E-state index in [1.54, 1.807) is 4.90 Å². The number of pyridine rings is 1. The number of para-hydroxylation sites is 1. The van der Waals surface area contributed by atoms with E-state index in [-0.39, 0.29) is 34.5 Å². The molecule has 0 spiro atoms.